The summed E-state index contributed by atoms with van der Waals surface area (Å²) < 4.78 is 0. The highest BCUT2D eigenvalue weighted by molar-refractivity contribution is 5.52. The molecule has 0 fully saturated rings. The van der Waals surface area contributed by atoms with E-state index in [1.165, 1.54) is 0 Å². The molecule has 0 bridgehead atoms. The zero-order chi connectivity index (χ0) is 9.68. The van der Waals surface area contributed by atoms with Crippen LogP contribution in [-0.2, 0) is 11.2 Å². The lowest BCUT2D eigenvalue weighted by Crippen LogP contribution is -2.14. The van der Waals surface area contributed by atoms with Crippen molar-refractivity contribution in [2.75, 3.05) is 14.1 Å². The zero-order valence-electron chi connectivity index (χ0n) is 7.82. The number of hydrogen-bond acceptors (Lipinski definition) is 3. The van der Waals surface area contributed by atoms with E-state index < -0.39 is 0 Å². The van der Waals surface area contributed by atoms with E-state index in [2.05, 4.69) is 4.98 Å². The third-order valence-electron chi connectivity index (χ3n) is 1.73. The summed E-state index contributed by atoms with van der Waals surface area (Å²) in [6.45, 7) is 0. The second-order valence-electron chi connectivity index (χ2n) is 2.94. The van der Waals surface area contributed by atoms with Gasteiger partial charge in [-0.3, -0.25) is 4.98 Å². The molecule has 3 nitrogen and oxygen atoms in total. The van der Waals surface area contributed by atoms with Crippen LogP contribution in [0.25, 0.3) is 0 Å². The highest BCUT2D eigenvalue weighted by atomic mass is 16.1. The van der Waals surface area contributed by atoms with Crippen LogP contribution in [0, 0.1) is 0 Å². The van der Waals surface area contributed by atoms with Crippen molar-refractivity contribution in [1.82, 2.24) is 9.88 Å². The van der Waals surface area contributed by atoms with Crippen LogP contribution in [-0.4, -0.2) is 29.9 Å². The van der Waals surface area contributed by atoms with Gasteiger partial charge in [-0.05, 0) is 12.1 Å². The maximum Gasteiger partial charge on any atom is 0.146 e. The Hall–Kier alpha value is -1.60. The Labute approximate surface area is 77.7 Å². The minimum absolute atomic E-state index is 0.539. The highest BCUT2D eigenvalue weighted by Crippen LogP contribution is 2.03. The minimum atomic E-state index is 0.539. The van der Waals surface area contributed by atoms with Crippen LogP contribution in [0.3, 0.4) is 0 Å². The smallest absolute Gasteiger partial charge is 0.146 e. The molecule has 1 heterocycles. The van der Waals surface area contributed by atoms with Crippen molar-refractivity contribution >= 4 is 5.94 Å². The first-order valence-corrected chi connectivity index (χ1v) is 4.05. The molecule has 1 aromatic heterocycles. The molecular weight excluding hydrogens is 164 g/mol. The van der Waals surface area contributed by atoms with Crippen LogP contribution in [0.5, 0.6) is 0 Å². The first-order valence-electron chi connectivity index (χ1n) is 4.05. The van der Waals surface area contributed by atoms with E-state index in [0.29, 0.717) is 12.1 Å². The van der Waals surface area contributed by atoms with Gasteiger partial charge in [-0.2, -0.15) is 0 Å². The molecule has 0 atom stereocenters. The summed E-state index contributed by atoms with van der Waals surface area (Å²) in [5, 5.41) is 0. The summed E-state index contributed by atoms with van der Waals surface area (Å²) in [4.78, 5) is 16.4. The second-order valence-corrected chi connectivity index (χ2v) is 2.94. The van der Waals surface area contributed by atoms with Crippen LogP contribution in [0.15, 0.2) is 30.1 Å². The Morgan fingerprint density at radius 2 is 2.31 bits per heavy atom. The van der Waals surface area contributed by atoms with Gasteiger partial charge in [0.15, 0.2) is 0 Å². The Morgan fingerprint density at radius 1 is 1.54 bits per heavy atom. The molecule has 3 heteroatoms. The number of carbonyl (C=O) groups excluding carboxylic acids is 1. The largest absolute Gasteiger partial charge is 0.372 e. The number of likely N-dealkylation sites (N-methyl/N-ethyl adjacent to an activating group) is 1. The topological polar surface area (TPSA) is 33.2 Å². The lowest BCUT2D eigenvalue weighted by molar-refractivity contribution is 0.489. The summed E-state index contributed by atoms with van der Waals surface area (Å²) in [5.41, 5.74) is 1.49. The van der Waals surface area contributed by atoms with E-state index >= 15 is 0 Å². The summed E-state index contributed by atoms with van der Waals surface area (Å²) in [7, 11) is 3.65. The molecule has 0 aliphatic rings. The van der Waals surface area contributed by atoms with E-state index in [0.717, 1.165) is 5.69 Å². The molecule has 13 heavy (non-hydrogen) atoms. The van der Waals surface area contributed by atoms with Gasteiger partial charge in [-0.1, -0.05) is 6.07 Å². The first-order chi connectivity index (χ1) is 6.24. The lowest BCUT2D eigenvalue weighted by Gasteiger charge is -2.12. The van der Waals surface area contributed by atoms with Crippen molar-refractivity contribution in [1.29, 1.82) is 0 Å². The normalized spacial score (nSPS) is 9.08. The third kappa shape index (κ3) is 2.73. The average Bonchev–Trinajstić information content (AvgIpc) is 2.15. The standard InChI is InChI=1S/C10H12N2O/c1-12(2)10(8-13)7-9-5-3-4-6-11-9/h3-6H,7H2,1-2H3. The average molecular weight is 176 g/mol. The van der Waals surface area contributed by atoms with Crippen LogP contribution in [0.4, 0.5) is 0 Å². The number of rotatable bonds is 3. The van der Waals surface area contributed by atoms with Crippen molar-refractivity contribution in [2.45, 2.75) is 6.42 Å². The molecule has 0 amide bonds. The molecule has 0 aliphatic carbocycles. The van der Waals surface area contributed by atoms with Crippen LogP contribution < -0.4 is 0 Å². The van der Waals surface area contributed by atoms with Crippen molar-refractivity contribution < 1.29 is 4.79 Å². The highest BCUT2D eigenvalue weighted by Gasteiger charge is 2.02. The Kier molecular flexibility index (Phi) is 3.23. The Morgan fingerprint density at radius 3 is 2.77 bits per heavy atom. The molecule has 68 valence electrons. The summed E-state index contributed by atoms with van der Waals surface area (Å²) >= 11 is 0. The van der Waals surface area contributed by atoms with Crippen LogP contribution >= 0.6 is 0 Å². The lowest BCUT2D eigenvalue weighted by atomic mass is 10.2. The van der Waals surface area contributed by atoms with Gasteiger partial charge in [-0.25, -0.2) is 4.79 Å². The summed E-state index contributed by atoms with van der Waals surface area (Å²) in [5.74, 6) is 1.90. The van der Waals surface area contributed by atoms with Crippen molar-refractivity contribution in [3.8, 4) is 0 Å². The van der Waals surface area contributed by atoms with Crippen LogP contribution in [0.2, 0.25) is 0 Å². The first kappa shape index (κ1) is 9.49. The van der Waals surface area contributed by atoms with Crippen molar-refractivity contribution in [3.05, 3.63) is 35.8 Å². The molecular formula is C10H12N2O. The number of allylic oxidation sites excluding steroid dienone is 1. The monoisotopic (exact) mass is 176 g/mol. The van der Waals surface area contributed by atoms with E-state index in [9.17, 15) is 4.79 Å². The molecule has 0 aliphatic heterocycles. The molecule has 0 radical (unpaired) electrons. The molecule has 0 aromatic carbocycles. The van der Waals surface area contributed by atoms with Gasteiger partial charge in [0.2, 0.25) is 0 Å². The molecule has 0 saturated heterocycles. The molecule has 1 aromatic rings. The van der Waals surface area contributed by atoms with E-state index in [1.54, 1.807) is 11.1 Å². The second kappa shape index (κ2) is 4.43. The Bertz CT molecular complexity index is 313. The molecule has 0 unspecified atom stereocenters. The number of hydrogen-bond donors (Lipinski definition) is 0. The summed E-state index contributed by atoms with van der Waals surface area (Å²) in [6.07, 6.45) is 2.25. The van der Waals surface area contributed by atoms with Gasteiger partial charge in [0.25, 0.3) is 0 Å². The predicted octanol–water partition coefficient (Wildman–Crippen LogP) is 0.901. The molecule has 0 saturated carbocycles. The van der Waals surface area contributed by atoms with Crippen LogP contribution in [0.1, 0.15) is 5.69 Å². The van der Waals surface area contributed by atoms with Crippen molar-refractivity contribution in [3.63, 3.8) is 0 Å². The Balaban J connectivity index is 2.75. The summed E-state index contributed by atoms with van der Waals surface area (Å²) in [6, 6.07) is 5.64. The minimum Gasteiger partial charge on any atom is -0.372 e. The fraction of sp³-hybridized carbons (Fsp3) is 0.300. The number of aromatic nitrogens is 1. The van der Waals surface area contributed by atoms with Gasteiger partial charge in [0.05, 0.1) is 0 Å². The van der Waals surface area contributed by atoms with Gasteiger partial charge < -0.3 is 4.90 Å². The SMILES string of the molecule is CN(C)C(=C=O)Cc1ccccn1. The number of nitrogens with zero attached hydrogens (tertiary/aromatic N) is 2. The molecule has 0 N–H and O–H groups in total. The fourth-order valence-corrected chi connectivity index (χ4v) is 0.960. The molecule has 0 spiro atoms. The van der Waals surface area contributed by atoms with Crippen molar-refractivity contribution in [2.24, 2.45) is 0 Å². The maximum absolute atomic E-state index is 10.5. The van der Waals surface area contributed by atoms with Gasteiger partial charge in [-0.15, -0.1) is 0 Å². The zero-order valence-corrected chi connectivity index (χ0v) is 7.82. The van der Waals surface area contributed by atoms with E-state index in [4.69, 9.17) is 0 Å². The van der Waals surface area contributed by atoms with Gasteiger partial charge >= 0.3 is 0 Å². The third-order valence-corrected chi connectivity index (χ3v) is 1.73. The quantitative estimate of drug-likeness (QED) is 0.641. The fourth-order valence-electron chi connectivity index (χ4n) is 0.960. The predicted molar refractivity (Wildman–Crippen MR) is 50.8 cm³/mol. The molecule has 1 rings (SSSR count). The van der Waals surface area contributed by atoms with Gasteiger partial charge in [0, 0.05) is 32.4 Å². The maximum atomic E-state index is 10.5. The van der Waals surface area contributed by atoms with E-state index in [-0.39, 0.29) is 0 Å². The number of pyridine rings is 1. The van der Waals surface area contributed by atoms with Gasteiger partial charge in [0.1, 0.15) is 11.6 Å². The van der Waals surface area contributed by atoms with E-state index in [1.807, 2.05) is 38.2 Å².